The highest BCUT2D eigenvalue weighted by atomic mass is 35.5. The van der Waals surface area contributed by atoms with Gasteiger partial charge >= 0.3 is 0 Å². The average molecular weight is 313 g/mol. The summed E-state index contributed by atoms with van der Waals surface area (Å²) >= 11 is 5.88. The molecule has 1 aromatic carbocycles. The predicted octanol–water partition coefficient (Wildman–Crippen LogP) is 0.692. The number of hydrogen-bond acceptors (Lipinski definition) is 4. The third-order valence-corrected chi connectivity index (χ3v) is 3.91. The molecule has 0 saturated carbocycles. The highest BCUT2D eigenvalue weighted by Crippen LogP contribution is 2.24. The van der Waals surface area contributed by atoms with Crippen LogP contribution in [-0.4, -0.2) is 61.4 Å². The number of rotatable bonds is 5. The molecule has 1 aliphatic heterocycles. The number of nitrogens with one attached hydrogen (secondary N) is 1. The van der Waals surface area contributed by atoms with E-state index in [1.165, 1.54) is 0 Å². The van der Waals surface area contributed by atoms with Crippen molar-refractivity contribution in [2.24, 2.45) is 0 Å². The SMILES string of the molecule is CNCC(=O)N1CCO[C@@](CO)(Cc2ccc(Cl)cc2)C1. The first-order valence-corrected chi connectivity index (χ1v) is 7.38. The van der Waals surface area contributed by atoms with Crippen molar-refractivity contribution in [1.82, 2.24) is 10.2 Å². The second-order valence-electron chi connectivity index (χ2n) is 5.34. The number of carbonyl (C=O) groups is 1. The topological polar surface area (TPSA) is 61.8 Å². The van der Waals surface area contributed by atoms with E-state index in [1.807, 2.05) is 24.3 Å². The summed E-state index contributed by atoms with van der Waals surface area (Å²) in [6.07, 6.45) is 0.546. The van der Waals surface area contributed by atoms with Crippen molar-refractivity contribution in [3.63, 3.8) is 0 Å². The Morgan fingerprint density at radius 2 is 2.19 bits per heavy atom. The maximum absolute atomic E-state index is 12.0. The van der Waals surface area contributed by atoms with Crippen molar-refractivity contribution in [1.29, 1.82) is 0 Å². The molecule has 0 aromatic heterocycles. The van der Waals surface area contributed by atoms with Crippen molar-refractivity contribution in [3.8, 4) is 0 Å². The number of ether oxygens (including phenoxy) is 1. The summed E-state index contributed by atoms with van der Waals surface area (Å²) in [6.45, 7) is 1.56. The third kappa shape index (κ3) is 4.17. The number of amides is 1. The van der Waals surface area contributed by atoms with Crippen LogP contribution in [0.4, 0.5) is 0 Å². The molecule has 6 heteroatoms. The van der Waals surface area contributed by atoms with Gasteiger partial charge in [0.25, 0.3) is 0 Å². The van der Waals surface area contributed by atoms with E-state index < -0.39 is 5.60 Å². The van der Waals surface area contributed by atoms with Crippen LogP contribution in [0.25, 0.3) is 0 Å². The molecule has 0 spiro atoms. The van der Waals surface area contributed by atoms with Crippen LogP contribution in [0.2, 0.25) is 5.02 Å². The predicted molar refractivity (Wildman–Crippen MR) is 81.4 cm³/mol. The number of carbonyl (C=O) groups excluding carboxylic acids is 1. The van der Waals surface area contributed by atoms with E-state index >= 15 is 0 Å². The van der Waals surface area contributed by atoms with Gasteiger partial charge in [0.05, 0.1) is 26.3 Å². The number of nitrogens with zero attached hydrogens (tertiary/aromatic N) is 1. The van der Waals surface area contributed by atoms with Crippen LogP contribution in [0.1, 0.15) is 5.56 Å². The van der Waals surface area contributed by atoms with Gasteiger partial charge in [-0.2, -0.15) is 0 Å². The van der Waals surface area contributed by atoms with Gasteiger partial charge in [-0.3, -0.25) is 4.79 Å². The van der Waals surface area contributed by atoms with Crippen LogP contribution in [-0.2, 0) is 16.0 Å². The van der Waals surface area contributed by atoms with Crippen molar-refractivity contribution >= 4 is 17.5 Å². The second kappa shape index (κ2) is 7.22. The molecule has 2 N–H and O–H groups in total. The van der Waals surface area contributed by atoms with Crippen LogP contribution >= 0.6 is 11.6 Å². The zero-order chi connectivity index (χ0) is 15.3. The van der Waals surface area contributed by atoms with E-state index in [9.17, 15) is 9.90 Å². The number of likely N-dealkylation sites (N-methyl/N-ethyl adjacent to an activating group) is 1. The Balaban J connectivity index is 2.09. The number of benzene rings is 1. The summed E-state index contributed by atoms with van der Waals surface area (Å²) in [5.74, 6) is 0.0229. The molecule has 2 rings (SSSR count). The summed E-state index contributed by atoms with van der Waals surface area (Å²) in [5.41, 5.74) is 0.284. The van der Waals surface area contributed by atoms with Crippen molar-refractivity contribution < 1.29 is 14.6 Å². The Morgan fingerprint density at radius 1 is 1.48 bits per heavy atom. The highest BCUT2D eigenvalue weighted by molar-refractivity contribution is 6.30. The molecule has 1 aromatic rings. The molecule has 1 fully saturated rings. The van der Waals surface area contributed by atoms with Gasteiger partial charge in [-0.05, 0) is 24.7 Å². The fourth-order valence-corrected chi connectivity index (χ4v) is 2.68. The van der Waals surface area contributed by atoms with Crippen LogP contribution in [0.3, 0.4) is 0 Å². The van der Waals surface area contributed by atoms with Crippen LogP contribution in [0.15, 0.2) is 24.3 Å². The molecule has 0 unspecified atom stereocenters. The van der Waals surface area contributed by atoms with Crippen molar-refractivity contribution in [3.05, 3.63) is 34.9 Å². The molecular weight excluding hydrogens is 292 g/mol. The maximum Gasteiger partial charge on any atom is 0.236 e. The quantitative estimate of drug-likeness (QED) is 0.840. The van der Waals surface area contributed by atoms with Gasteiger partial charge in [-0.1, -0.05) is 23.7 Å². The number of hydrogen-bond donors (Lipinski definition) is 2. The molecule has 1 aliphatic rings. The fourth-order valence-electron chi connectivity index (χ4n) is 2.55. The molecular formula is C15H21ClN2O3. The summed E-state index contributed by atoms with van der Waals surface area (Å²) in [7, 11) is 1.74. The van der Waals surface area contributed by atoms with E-state index in [0.717, 1.165) is 5.56 Å². The minimum Gasteiger partial charge on any atom is -0.393 e. The molecule has 1 heterocycles. The molecule has 5 nitrogen and oxygen atoms in total. The molecule has 1 atom stereocenters. The zero-order valence-electron chi connectivity index (χ0n) is 12.1. The third-order valence-electron chi connectivity index (χ3n) is 3.66. The first-order chi connectivity index (χ1) is 10.1. The Bertz CT molecular complexity index is 480. The smallest absolute Gasteiger partial charge is 0.236 e. The van der Waals surface area contributed by atoms with Crippen LogP contribution in [0, 0.1) is 0 Å². The van der Waals surface area contributed by atoms with E-state index in [2.05, 4.69) is 5.32 Å². The lowest BCUT2D eigenvalue weighted by Crippen LogP contribution is -2.57. The first kappa shape index (κ1) is 16.2. The lowest BCUT2D eigenvalue weighted by molar-refractivity contribution is -0.157. The molecule has 1 amide bonds. The van der Waals surface area contributed by atoms with Crippen molar-refractivity contribution in [2.45, 2.75) is 12.0 Å². The standard InChI is InChI=1S/C15H21ClN2O3/c1-17-9-14(20)18-6-7-21-15(10-18,11-19)8-12-2-4-13(16)5-3-12/h2-5,17,19H,6-11H2,1H3/t15-/m0/s1. The number of aliphatic hydroxyl groups is 1. The fraction of sp³-hybridized carbons (Fsp3) is 0.533. The van der Waals surface area contributed by atoms with Gasteiger partial charge in [0.15, 0.2) is 0 Å². The lowest BCUT2D eigenvalue weighted by Gasteiger charge is -2.42. The van der Waals surface area contributed by atoms with Gasteiger partial charge in [0, 0.05) is 18.0 Å². The van der Waals surface area contributed by atoms with Gasteiger partial charge in [-0.15, -0.1) is 0 Å². The Hall–Kier alpha value is -1.14. The minimum atomic E-state index is -0.741. The molecule has 0 bridgehead atoms. The first-order valence-electron chi connectivity index (χ1n) is 7.00. The normalized spacial score (nSPS) is 22.3. The van der Waals surface area contributed by atoms with Crippen LogP contribution in [0.5, 0.6) is 0 Å². The van der Waals surface area contributed by atoms with Crippen LogP contribution < -0.4 is 5.32 Å². The molecule has 0 aliphatic carbocycles. The van der Waals surface area contributed by atoms with E-state index in [4.69, 9.17) is 16.3 Å². The van der Waals surface area contributed by atoms with Gasteiger partial charge in [0.1, 0.15) is 5.60 Å². The Kier molecular flexibility index (Phi) is 5.58. The maximum atomic E-state index is 12.0. The molecule has 1 saturated heterocycles. The lowest BCUT2D eigenvalue weighted by atomic mass is 9.93. The van der Waals surface area contributed by atoms with Gasteiger partial charge < -0.3 is 20.1 Å². The summed E-state index contributed by atoms with van der Waals surface area (Å²) in [6, 6.07) is 7.46. The zero-order valence-corrected chi connectivity index (χ0v) is 12.9. The van der Waals surface area contributed by atoms with E-state index in [0.29, 0.717) is 37.7 Å². The van der Waals surface area contributed by atoms with Crippen molar-refractivity contribution in [2.75, 3.05) is 39.9 Å². The number of morpholine rings is 1. The monoisotopic (exact) mass is 312 g/mol. The van der Waals surface area contributed by atoms with Gasteiger partial charge in [0.2, 0.25) is 5.91 Å². The Labute approximate surface area is 129 Å². The number of aliphatic hydroxyl groups excluding tert-OH is 1. The summed E-state index contributed by atoms with van der Waals surface area (Å²) in [4.78, 5) is 13.7. The molecule has 116 valence electrons. The second-order valence-corrected chi connectivity index (χ2v) is 5.77. The summed E-state index contributed by atoms with van der Waals surface area (Å²) in [5, 5.41) is 13.3. The van der Waals surface area contributed by atoms with E-state index in [1.54, 1.807) is 11.9 Å². The Morgan fingerprint density at radius 3 is 2.81 bits per heavy atom. The molecule has 0 radical (unpaired) electrons. The largest absolute Gasteiger partial charge is 0.393 e. The molecule has 21 heavy (non-hydrogen) atoms. The summed E-state index contributed by atoms with van der Waals surface area (Å²) < 4.78 is 5.81. The van der Waals surface area contributed by atoms with Gasteiger partial charge in [-0.25, -0.2) is 0 Å². The minimum absolute atomic E-state index is 0.0229. The average Bonchev–Trinajstić information content (AvgIpc) is 2.50. The number of halogens is 1. The van der Waals surface area contributed by atoms with E-state index in [-0.39, 0.29) is 12.5 Å². The highest BCUT2D eigenvalue weighted by Gasteiger charge is 2.37.